The molecule has 1 aliphatic heterocycles. The van der Waals surface area contributed by atoms with Crippen LogP contribution in [0.1, 0.15) is 12.5 Å². The number of fused-ring (bicyclic) bond motifs is 1. The van der Waals surface area contributed by atoms with Crippen LogP contribution in [0.5, 0.6) is 5.75 Å². The van der Waals surface area contributed by atoms with Crippen molar-refractivity contribution in [2.75, 3.05) is 0 Å². The highest BCUT2D eigenvalue weighted by molar-refractivity contribution is 6.36. The predicted molar refractivity (Wildman–Crippen MR) is 80.7 cm³/mol. The first kappa shape index (κ1) is 13.1. The number of ether oxygens (including phenoxy) is 1. The van der Waals surface area contributed by atoms with Crippen molar-refractivity contribution in [2.45, 2.75) is 19.4 Å². The first-order valence-electron chi connectivity index (χ1n) is 5.99. The fourth-order valence-electron chi connectivity index (χ4n) is 2.40. The summed E-state index contributed by atoms with van der Waals surface area (Å²) in [5.41, 5.74) is 2.94. The van der Waals surface area contributed by atoms with Gasteiger partial charge in [0.1, 0.15) is 11.9 Å². The van der Waals surface area contributed by atoms with Crippen molar-refractivity contribution in [2.24, 2.45) is 0 Å². The van der Waals surface area contributed by atoms with Gasteiger partial charge in [-0.15, -0.1) is 0 Å². The topological polar surface area (TPSA) is 9.23 Å². The molecule has 0 spiro atoms. The summed E-state index contributed by atoms with van der Waals surface area (Å²) in [4.78, 5) is 0. The van der Waals surface area contributed by atoms with Crippen LogP contribution in [0, 0.1) is 0 Å². The molecule has 0 aromatic heterocycles. The molecule has 2 aromatic carbocycles. The zero-order chi connectivity index (χ0) is 13.6. The maximum Gasteiger partial charge on any atom is 0.131 e. The minimum Gasteiger partial charge on any atom is -0.489 e. The fourth-order valence-corrected chi connectivity index (χ4v) is 3.15. The van der Waals surface area contributed by atoms with E-state index in [0.717, 1.165) is 28.9 Å². The van der Waals surface area contributed by atoms with Gasteiger partial charge in [0.05, 0.1) is 5.02 Å². The van der Waals surface area contributed by atoms with Gasteiger partial charge in [0.2, 0.25) is 0 Å². The quantitative estimate of drug-likeness (QED) is 0.662. The lowest BCUT2D eigenvalue weighted by atomic mass is 10.0. The average Bonchev–Trinajstić information content (AvgIpc) is 2.68. The Balaban J connectivity index is 2.21. The van der Waals surface area contributed by atoms with Gasteiger partial charge >= 0.3 is 0 Å². The molecular formula is C15H11Cl3O. The Morgan fingerprint density at radius 3 is 2.53 bits per heavy atom. The molecule has 0 bridgehead atoms. The number of halogens is 3. The van der Waals surface area contributed by atoms with E-state index in [0.29, 0.717) is 15.1 Å². The van der Waals surface area contributed by atoms with E-state index >= 15 is 0 Å². The van der Waals surface area contributed by atoms with Crippen molar-refractivity contribution in [3.63, 3.8) is 0 Å². The highest BCUT2D eigenvalue weighted by Gasteiger charge is 2.24. The van der Waals surface area contributed by atoms with Gasteiger partial charge in [0.15, 0.2) is 0 Å². The van der Waals surface area contributed by atoms with Crippen LogP contribution in [-0.2, 0) is 6.42 Å². The Hall–Kier alpha value is -0.890. The van der Waals surface area contributed by atoms with Gasteiger partial charge in [-0.05, 0) is 36.8 Å². The summed E-state index contributed by atoms with van der Waals surface area (Å²) in [6.07, 6.45) is 1.03. The maximum atomic E-state index is 6.27. The summed E-state index contributed by atoms with van der Waals surface area (Å²) in [5.74, 6) is 0.876. The Bertz CT molecular complexity index is 652. The van der Waals surface area contributed by atoms with Crippen molar-refractivity contribution in [1.29, 1.82) is 0 Å². The molecule has 3 rings (SSSR count). The summed E-state index contributed by atoms with van der Waals surface area (Å²) in [6.45, 7) is 2.04. The largest absolute Gasteiger partial charge is 0.489 e. The van der Waals surface area contributed by atoms with Gasteiger partial charge in [-0.3, -0.25) is 0 Å². The van der Waals surface area contributed by atoms with Crippen LogP contribution in [0.3, 0.4) is 0 Å². The van der Waals surface area contributed by atoms with E-state index in [1.165, 1.54) is 0 Å². The van der Waals surface area contributed by atoms with Gasteiger partial charge in [0, 0.05) is 27.6 Å². The molecule has 1 atom stereocenters. The lowest BCUT2D eigenvalue weighted by molar-refractivity contribution is 0.255. The number of rotatable bonds is 1. The Morgan fingerprint density at radius 1 is 1.00 bits per heavy atom. The van der Waals surface area contributed by atoms with Crippen LogP contribution in [0.2, 0.25) is 15.1 Å². The zero-order valence-electron chi connectivity index (χ0n) is 10.2. The van der Waals surface area contributed by atoms with Crippen molar-refractivity contribution < 1.29 is 4.74 Å². The van der Waals surface area contributed by atoms with E-state index in [-0.39, 0.29) is 6.10 Å². The van der Waals surface area contributed by atoms with E-state index in [4.69, 9.17) is 39.5 Å². The molecule has 0 amide bonds. The van der Waals surface area contributed by atoms with Gasteiger partial charge in [-0.25, -0.2) is 0 Å². The highest BCUT2D eigenvalue weighted by Crippen LogP contribution is 2.43. The Kier molecular flexibility index (Phi) is 3.38. The fraction of sp³-hybridized carbons (Fsp3) is 0.200. The minimum absolute atomic E-state index is 0.165. The van der Waals surface area contributed by atoms with Crippen LogP contribution < -0.4 is 4.74 Å². The van der Waals surface area contributed by atoms with Gasteiger partial charge in [0.25, 0.3) is 0 Å². The molecule has 0 saturated heterocycles. The van der Waals surface area contributed by atoms with E-state index in [1.54, 1.807) is 6.07 Å². The normalized spacial score (nSPS) is 17.2. The molecule has 98 valence electrons. The molecule has 0 saturated carbocycles. The first-order valence-corrected chi connectivity index (χ1v) is 7.12. The molecule has 1 nitrogen and oxygen atoms in total. The van der Waals surface area contributed by atoms with Crippen LogP contribution in [0.15, 0.2) is 30.3 Å². The molecule has 4 heteroatoms. The Morgan fingerprint density at radius 2 is 1.79 bits per heavy atom. The van der Waals surface area contributed by atoms with E-state index in [1.807, 2.05) is 31.2 Å². The third kappa shape index (κ3) is 2.43. The van der Waals surface area contributed by atoms with Crippen LogP contribution in [0.4, 0.5) is 0 Å². The van der Waals surface area contributed by atoms with Gasteiger partial charge in [-0.2, -0.15) is 0 Å². The number of hydrogen-bond acceptors (Lipinski definition) is 1. The van der Waals surface area contributed by atoms with Crippen molar-refractivity contribution in [3.05, 3.63) is 51.0 Å². The van der Waals surface area contributed by atoms with Crippen molar-refractivity contribution in [1.82, 2.24) is 0 Å². The summed E-state index contributed by atoms with van der Waals surface area (Å²) in [6, 6.07) is 9.27. The maximum absolute atomic E-state index is 6.27. The second kappa shape index (κ2) is 4.90. The average molecular weight is 314 g/mol. The van der Waals surface area contributed by atoms with Crippen molar-refractivity contribution >= 4 is 34.8 Å². The molecule has 1 aliphatic rings. The molecule has 1 unspecified atom stereocenters. The number of benzene rings is 2. The van der Waals surface area contributed by atoms with Gasteiger partial charge in [-0.1, -0.05) is 40.9 Å². The lowest BCUT2D eigenvalue weighted by Gasteiger charge is -2.12. The van der Waals surface area contributed by atoms with Crippen LogP contribution in [0.25, 0.3) is 11.1 Å². The summed E-state index contributed by atoms with van der Waals surface area (Å²) >= 11 is 18.4. The molecule has 0 N–H and O–H groups in total. The predicted octanol–water partition coefficient (Wildman–Crippen LogP) is 5.64. The summed E-state index contributed by atoms with van der Waals surface area (Å²) in [5, 5.41) is 1.90. The van der Waals surface area contributed by atoms with Crippen LogP contribution in [-0.4, -0.2) is 6.10 Å². The molecule has 0 fully saturated rings. The third-order valence-electron chi connectivity index (χ3n) is 3.18. The molecule has 0 radical (unpaired) electrons. The first-order chi connectivity index (χ1) is 9.04. The molecular weight excluding hydrogens is 303 g/mol. The van der Waals surface area contributed by atoms with E-state index < -0.39 is 0 Å². The van der Waals surface area contributed by atoms with E-state index in [2.05, 4.69) is 0 Å². The third-order valence-corrected chi connectivity index (χ3v) is 3.94. The zero-order valence-corrected chi connectivity index (χ0v) is 12.5. The minimum atomic E-state index is 0.165. The molecule has 2 aromatic rings. The lowest BCUT2D eigenvalue weighted by Crippen LogP contribution is -2.05. The van der Waals surface area contributed by atoms with E-state index in [9.17, 15) is 0 Å². The standard InChI is InChI=1S/C15H11Cl3O/c1-8-4-9-5-11(17)6-13(15(9)19-8)12-3-2-10(16)7-14(12)18/h2-3,5-8H,4H2,1H3. The second-order valence-corrected chi connectivity index (χ2v) is 5.98. The van der Waals surface area contributed by atoms with Crippen LogP contribution >= 0.6 is 34.8 Å². The monoisotopic (exact) mass is 312 g/mol. The smallest absolute Gasteiger partial charge is 0.131 e. The number of hydrogen-bond donors (Lipinski definition) is 0. The van der Waals surface area contributed by atoms with Gasteiger partial charge < -0.3 is 4.74 Å². The highest BCUT2D eigenvalue weighted by atomic mass is 35.5. The molecule has 19 heavy (non-hydrogen) atoms. The SMILES string of the molecule is CC1Cc2cc(Cl)cc(-c3ccc(Cl)cc3Cl)c2O1. The Labute approximate surface area is 127 Å². The summed E-state index contributed by atoms with van der Waals surface area (Å²) < 4.78 is 5.88. The second-order valence-electron chi connectivity index (χ2n) is 4.70. The summed E-state index contributed by atoms with van der Waals surface area (Å²) in [7, 11) is 0. The van der Waals surface area contributed by atoms with Crippen molar-refractivity contribution in [3.8, 4) is 16.9 Å². The molecule has 1 heterocycles. The molecule has 0 aliphatic carbocycles.